The number of carbonyl (C=O) groups is 2. The smallest absolute Gasteiger partial charge is 0.326 e. The quantitative estimate of drug-likeness (QED) is 0.616. The highest BCUT2D eigenvalue weighted by Crippen LogP contribution is 2.33. The maximum absolute atomic E-state index is 11.6. The highest BCUT2D eigenvalue weighted by molar-refractivity contribution is 5.86. The third-order valence-electron chi connectivity index (χ3n) is 2.88. The van der Waals surface area contributed by atoms with Gasteiger partial charge in [-0.2, -0.15) is 0 Å². The van der Waals surface area contributed by atoms with Gasteiger partial charge in [-0.05, 0) is 24.7 Å². The fourth-order valence-corrected chi connectivity index (χ4v) is 1.73. The first-order valence-corrected chi connectivity index (χ1v) is 6.11. The second kappa shape index (κ2) is 6.00. The second-order valence-corrected chi connectivity index (χ2v) is 5.22. The Morgan fingerprint density at radius 2 is 1.94 bits per heavy atom. The Morgan fingerprint density at radius 3 is 2.35 bits per heavy atom. The Hall–Kier alpha value is -1.10. The molecular formula is C12H21NO4. The Bertz CT molecular complexity index is 286. The van der Waals surface area contributed by atoms with Crippen LogP contribution in [0.2, 0.25) is 0 Å². The number of hydrogen-bond acceptors (Lipinski definition) is 3. The zero-order chi connectivity index (χ0) is 13.0. The Morgan fingerprint density at radius 1 is 1.35 bits per heavy atom. The van der Waals surface area contributed by atoms with Crippen molar-refractivity contribution in [1.29, 1.82) is 0 Å². The van der Waals surface area contributed by atoms with Crippen molar-refractivity contribution in [3.63, 3.8) is 0 Å². The van der Waals surface area contributed by atoms with E-state index in [1.165, 1.54) is 0 Å². The summed E-state index contributed by atoms with van der Waals surface area (Å²) in [6.07, 6.45) is 1.77. The first-order chi connectivity index (χ1) is 7.90. The molecule has 0 unspecified atom stereocenters. The third kappa shape index (κ3) is 5.17. The highest BCUT2D eigenvalue weighted by Gasteiger charge is 2.31. The molecular weight excluding hydrogens is 222 g/mol. The maximum atomic E-state index is 11.6. The van der Waals surface area contributed by atoms with Crippen molar-refractivity contribution in [2.75, 3.05) is 0 Å². The molecule has 2 atom stereocenters. The molecule has 0 aromatic carbocycles. The van der Waals surface area contributed by atoms with Crippen LogP contribution in [0.1, 0.15) is 39.5 Å². The molecule has 17 heavy (non-hydrogen) atoms. The number of carboxylic acids is 1. The van der Waals surface area contributed by atoms with Crippen LogP contribution in [0.5, 0.6) is 0 Å². The summed E-state index contributed by atoms with van der Waals surface area (Å²) < 4.78 is 0. The SMILES string of the molecule is CC(C)C[C@H](O)C(=O)N[C@@H](CC1CC1)C(=O)O. The fourth-order valence-electron chi connectivity index (χ4n) is 1.73. The van der Waals surface area contributed by atoms with Gasteiger partial charge in [0.05, 0.1) is 0 Å². The molecule has 1 rings (SSSR count). The molecule has 0 saturated heterocycles. The number of aliphatic carboxylic acids is 1. The van der Waals surface area contributed by atoms with E-state index in [1.54, 1.807) is 0 Å². The average molecular weight is 243 g/mol. The number of carboxylic acid groups (broad SMARTS) is 1. The number of nitrogens with one attached hydrogen (secondary N) is 1. The number of aliphatic hydroxyl groups excluding tert-OH is 1. The van der Waals surface area contributed by atoms with Gasteiger partial charge in [-0.25, -0.2) is 4.79 Å². The molecule has 0 aromatic rings. The first-order valence-electron chi connectivity index (χ1n) is 6.11. The molecule has 98 valence electrons. The molecule has 1 saturated carbocycles. The minimum absolute atomic E-state index is 0.197. The number of rotatable bonds is 7. The van der Waals surface area contributed by atoms with Gasteiger partial charge < -0.3 is 15.5 Å². The van der Waals surface area contributed by atoms with E-state index < -0.39 is 24.0 Å². The summed E-state index contributed by atoms with van der Waals surface area (Å²) in [6, 6.07) is -0.864. The lowest BCUT2D eigenvalue weighted by Gasteiger charge is -2.18. The van der Waals surface area contributed by atoms with Crippen molar-refractivity contribution in [1.82, 2.24) is 5.32 Å². The molecule has 0 aliphatic heterocycles. The molecule has 0 aromatic heterocycles. The van der Waals surface area contributed by atoms with Crippen LogP contribution in [0.4, 0.5) is 0 Å². The van der Waals surface area contributed by atoms with Gasteiger partial charge in [-0.1, -0.05) is 26.7 Å². The number of hydrogen-bond donors (Lipinski definition) is 3. The van der Waals surface area contributed by atoms with Gasteiger partial charge in [0.1, 0.15) is 12.1 Å². The summed E-state index contributed by atoms with van der Waals surface area (Å²) in [5.74, 6) is -0.991. The van der Waals surface area contributed by atoms with Crippen LogP contribution in [0.15, 0.2) is 0 Å². The summed E-state index contributed by atoms with van der Waals surface area (Å²) in [6.45, 7) is 3.80. The third-order valence-corrected chi connectivity index (χ3v) is 2.88. The van der Waals surface area contributed by atoms with Gasteiger partial charge in [0.2, 0.25) is 5.91 Å². The molecule has 3 N–H and O–H groups in total. The maximum Gasteiger partial charge on any atom is 0.326 e. The van der Waals surface area contributed by atoms with Crippen molar-refractivity contribution in [3.05, 3.63) is 0 Å². The van der Waals surface area contributed by atoms with Crippen LogP contribution in [0.3, 0.4) is 0 Å². The zero-order valence-corrected chi connectivity index (χ0v) is 10.3. The lowest BCUT2D eigenvalue weighted by molar-refractivity contribution is -0.143. The van der Waals surface area contributed by atoms with E-state index in [1.807, 2.05) is 13.8 Å². The van der Waals surface area contributed by atoms with Crippen molar-refractivity contribution >= 4 is 11.9 Å². The minimum atomic E-state index is -1.11. The van der Waals surface area contributed by atoms with E-state index in [2.05, 4.69) is 5.32 Å². The highest BCUT2D eigenvalue weighted by atomic mass is 16.4. The van der Waals surface area contributed by atoms with Gasteiger partial charge >= 0.3 is 5.97 Å². The largest absolute Gasteiger partial charge is 0.480 e. The monoisotopic (exact) mass is 243 g/mol. The molecule has 0 heterocycles. The second-order valence-electron chi connectivity index (χ2n) is 5.22. The topological polar surface area (TPSA) is 86.6 Å². The summed E-state index contributed by atoms with van der Waals surface area (Å²) in [5.41, 5.74) is 0. The van der Waals surface area contributed by atoms with Crippen molar-refractivity contribution in [3.8, 4) is 0 Å². The van der Waals surface area contributed by atoms with Crippen LogP contribution in [-0.4, -0.2) is 34.2 Å². The van der Waals surface area contributed by atoms with Crippen molar-refractivity contribution in [2.45, 2.75) is 51.7 Å². The van der Waals surface area contributed by atoms with E-state index in [-0.39, 0.29) is 5.92 Å². The van der Waals surface area contributed by atoms with Gasteiger partial charge in [0.15, 0.2) is 0 Å². The van der Waals surface area contributed by atoms with E-state index in [0.717, 1.165) is 12.8 Å². The van der Waals surface area contributed by atoms with Gasteiger partial charge in [0, 0.05) is 0 Å². The molecule has 1 aliphatic rings. The van der Waals surface area contributed by atoms with Crippen LogP contribution in [0.25, 0.3) is 0 Å². The van der Waals surface area contributed by atoms with Crippen molar-refractivity contribution in [2.24, 2.45) is 11.8 Å². The molecule has 0 spiro atoms. The molecule has 5 heteroatoms. The summed E-state index contributed by atoms with van der Waals surface area (Å²) in [5, 5.41) is 20.9. The number of aliphatic hydroxyl groups is 1. The minimum Gasteiger partial charge on any atom is -0.480 e. The molecule has 0 bridgehead atoms. The molecule has 1 fully saturated rings. The van der Waals surface area contributed by atoms with Crippen LogP contribution < -0.4 is 5.32 Å². The molecule has 1 aliphatic carbocycles. The Labute approximate surface area is 101 Å². The average Bonchev–Trinajstić information content (AvgIpc) is 2.99. The van der Waals surface area contributed by atoms with E-state index in [4.69, 9.17) is 5.11 Å². The zero-order valence-electron chi connectivity index (χ0n) is 10.3. The van der Waals surface area contributed by atoms with Crippen LogP contribution >= 0.6 is 0 Å². The first kappa shape index (κ1) is 14.0. The van der Waals surface area contributed by atoms with E-state index >= 15 is 0 Å². The van der Waals surface area contributed by atoms with Crippen molar-refractivity contribution < 1.29 is 19.8 Å². The summed E-state index contributed by atoms with van der Waals surface area (Å²) in [7, 11) is 0. The standard InChI is InChI=1S/C12H21NO4/c1-7(2)5-10(14)11(15)13-9(12(16)17)6-8-3-4-8/h7-10,14H,3-6H2,1-2H3,(H,13,15)(H,16,17)/t9-,10-/m0/s1. The molecule has 0 radical (unpaired) electrons. The molecule has 5 nitrogen and oxygen atoms in total. The molecule has 1 amide bonds. The fraction of sp³-hybridized carbons (Fsp3) is 0.833. The Balaban J connectivity index is 2.41. The predicted molar refractivity (Wildman–Crippen MR) is 62.4 cm³/mol. The number of carbonyl (C=O) groups excluding carboxylic acids is 1. The van der Waals surface area contributed by atoms with E-state index in [0.29, 0.717) is 18.8 Å². The van der Waals surface area contributed by atoms with Gasteiger partial charge in [0.25, 0.3) is 0 Å². The van der Waals surface area contributed by atoms with Gasteiger partial charge in [-0.15, -0.1) is 0 Å². The summed E-state index contributed by atoms with van der Waals surface area (Å²) in [4.78, 5) is 22.5. The van der Waals surface area contributed by atoms with E-state index in [9.17, 15) is 14.7 Å². The lowest BCUT2D eigenvalue weighted by Crippen LogP contribution is -2.46. The van der Waals surface area contributed by atoms with Crippen LogP contribution in [-0.2, 0) is 9.59 Å². The predicted octanol–water partition coefficient (Wildman–Crippen LogP) is 0.763. The van der Waals surface area contributed by atoms with Gasteiger partial charge in [-0.3, -0.25) is 4.79 Å². The number of amides is 1. The van der Waals surface area contributed by atoms with Crippen LogP contribution in [0, 0.1) is 11.8 Å². The normalized spacial score (nSPS) is 18.8. The summed E-state index contributed by atoms with van der Waals surface area (Å²) >= 11 is 0. The Kier molecular flexibility index (Phi) is 4.93. The lowest BCUT2D eigenvalue weighted by atomic mass is 10.0.